The molecule has 2 aliphatic rings. The van der Waals surface area contributed by atoms with Crippen LogP contribution in [0.1, 0.15) is 43.2 Å². The largest absolute Gasteiger partial charge is 0.384 e. The first-order chi connectivity index (χ1) is 13.7. The molecule has 4 nitrogen and oxygen atoms in total. The fraction of sp³-hybridized carbons (Fsp3) is 0.500. The standard InChI is InChI=1S/C24H32N4/c1-18-19(2)23(27-26-21-10-4-3-5-11-21)14-13-22(18)25-17-20-9-8-16-28-15-7-6-12-24(20)28/h3-5,10-11,13-14,20,24-25H,6-9,12,15-17H2,1-2H3/t20-,24-/m1/s1. The highest BCUT2D eigenvalue weighted by Crippen LogP contribution is 2.33. The highest BCUT2D eigenvalue weighted by Gasteiger charge is 2.32. The summed E-state index contributed by atoms with van der Waals surface area (Å²) in [7, 11) is 0. The molecule has 2 atom stereocenters. The summed E-state index contributed by atoms with van der Waals surface area (Å²) in [6.45, 7) is 8.02. The molecule has 0 aliphatic carbocycles. The van der Waals surface area contributed by atoms with Gasteiger partial charge in [-0.1, -0.05) is 24.6 Å². The lowest BCUT2D eigenvalue weighted by Gasteiger charge is -2.44. The number of rotatable bonds is 5. The molecule has 4 heteroatoms. The second kappa shape index (κ2) is 8.87. The van der Waals surface area contributed by atoms with Crippen LogP contribution in [0.15, 0.2) is 52.7 Å². The van der Waals surface area contributed by atoms with Crippen LogP contribution in [0.5, 0.6) is 0 Å². The molecule has 0 saturated carbocycles. The lowest BCUT2D eigenvalue weighted by atomic mass is 9.83. The molecule has 2 saturated heterocycles. The van der Waals surface area contributed by atoms with E-state index in [2.05, 4.69) is 46.4 Å². The lowest BCUT2D eigenvalue weighted by Crippen LogP contribution is -2.49. The highest BCUT2D eigenvalue weighted by atomic mass is 15.2. The Kier molecular flexibility index (Phi) is 6.06. The van der Waals surface area contributed by atoms with Crippen LogP contribution in [0.4, 0.5) is 17.1 Å². The number of benzene rings is 2. The molecule has 2 aliphatic heterocycles. The van der Waals surface area contributed by atoms with Crippen molar-refractivity contribution in [1.82, 2.24) is 4.90 Å². The van der Waals surface area contributed by atoms with Crippen molar-refractivity contribution in [3.8, 4) is 0 Å². The van der Waals surface area contributed by atoms with Crippen LogP contribution in [-0.2, 0) is 0 Å². The zero-order valence-electron chi connectivity index (χ0n) is 17.2. The van der Waals surface area contributed by atoms with E-state index < -0.39 is 0 Å². The second-order valence-corrected chi connectivity index (χ2v) is 8.30. The summed E-state index contributed by atoms with van der Waals surface area (Å²) < 4.78 is 0. The third-order valence-corrected chi connectivity index (χ3v) is 6.57. The summed E-state index contributed by atoms with van der Waals surface area (Å²) in [6.07, 6.45) is 6.86. The SMILES string of the molecule is Cc1c(N=Nc2ccccc2)ccc(NC[C@H]2CCCN3CCCC[C@H]23)c1C. The smallest absolute Gasteiger partial charge is 0.0890 e. The van der Waals surface area contributed by atoms with E-state index in [1.807, 2.05) is 30.3 Å². The van der Waals surface area contributed by atoms with E-state index in [-0.39, 0.29) is 0 Å². The van der Waals surface area contributed by atoms with Gasteiger partial charge in [0.05, 0.1) is 11.4 Å². The van der Waals surface area contributed by atoms with Crippen LogP contribution >= 0.6 is 0 Å². The summed E-state index contributed by atoms with van der Waals surface area (Å²) in [5.74, 6) is 0.770. The zero-order chi connectivity index (χ0) is 19.3. The van der Waals surface area contributed by atoms with Gasteiger partial charge in [-0.15, -0.1) is 0 Å². The number of piperidine rings is 2. The van der Waals surface area contributed by atoms with Crippen molar-refractivity contribution >= 4 is 17.1 Å². The quantitative estimate of drug-likeness (QED) is 0.614. The molecule has 2 fully saturated rings. The molecule has 2 aromatic carbocycles. The van der Waals surface area contributed by atoms with Gasteiger partial charge in [0.2, 0.25) is 0 Å². The minimum atomic E-state index is 0.770. The second-order valence-electron chi connectivity index (χ2n) is 8.30. The number of hydrogen-bond donors (Lipinski definition) is 1. The third-order valence-electron chi connectivity index (χ3n) is 6.57. The average molecular weight is 377 g/mol. The van der Waals surface area contributed by atoms with Gasteiger partial charge in [-0.2, -0.15) is 10.2 Å². The summed E-state index contributed by atoms with van der Waals surface area (Å²) in [5, 5.41) is 12.6. The van der Waals surface area contributed by atoms with Crippen LogP contribution in [0.3, 0.4) is 0 Å². The number of hydrogen-bond acceptors (Lipinski definition) is 4. The van der Waals surface area contributed by atoms with Gasteiger partial charge in [0.25, 0.3) is 0 Å². The first-order valence-corrected chi connectivity index (χ1v) is 10.8. The molecule has 0 spiro atoms. The molecule has 0 radical (unpaired) electrons. The molecule has 2 aromatic rings. The van der Waals surface area contributed by atoms with Gasteiger partial charge >= 0.3 is 0 Å². The van der Waals surface area contributed by atoms with E-state index in [9.17, 15) is 0 Å². The van der Waals surface area contributed by atoms with Crippen molar-refractivity contribution in [3.05, 3.63) is 53.6 Å². The Hall–Kier alpha value is -2.20. The maximum Gasteiger partial charge on any atom is 0.0890 e. The topological polar surface area (TPSA) is 40.0 Å². The molecule has 1 N–H and O–H groups in total. The Labute approximate surface area is 169 Å². The first-order valence-electron chi connectivity index (χ1n) is 10.8. The molecule has 2 heterocycles. The minimum Gasteiger partial charge on any atom is -0.384 e. The Balaban J connectivity index is 1.42. The van der Waals surface area contributed by atoms with Crippen LogP contribution in [0, 0.1) is 19.8 Å². The number of nitrogens with one attached hydrogen (secondary N) is 1. The predicted molar refractivity (Wildman–Crippen MR) is 117 cm³/mol. The average Bonchev–Trinajstić information content (AvgIpc) is 2.75. The van der Waals surface area contributed by atoms with Crippen molar-refractivity contribution in [2.24, 2.45) is 16.1 Å². The lowest BCUT2D eigenvalue weighted by molar-refractivity contribution is 0.0649. The molecule has 0 aromatic heterocycles. The van der Waals surface area contributed by atoms with Crippen molar-refractivity contribution in [2.45, 2.75) is 52.0 Å². The maximum absolute atomic E-state index is 4.47. The number of fused-ring (bicyclic) bond motifs is 1. The van der Waals surface area contributed by atoms with Crippen molar-refractivity contribution < 1.29 is 0 Å². The van der Waals surface area contributed by atoms with Gasteiger partial charge in [0, 0.05) is 18.3 Å². The number of nitrogens with zero attached hydrogens (tertiary/aromatic N) is 3. The van der Waals surface area contributed by atoms with Crippen molar-refractivity contribution in [2.75, 3.05) is 25.0 Å². The van der Waals surface area contributed by atoms with Gasteiger partial charge in [0.15, 0.2) is 0 Å². The minimum absolute atomic E-state index is 0.770. The van der Waals surface area contributed by atoms with E-state index in [4.69, 9.17) is 0 Å². The summed E-state index contributed by atoms with van der Waals surface area (Å²) >= 11 is 0. The molecule has 0 amide bonds. The predicted octanol–water partition coefficient (Wildman–Crippen LogP) is 6.40. The Bertz CT molecular complexity index is 813. The molecule has 0 bridgehead atoms. The van der Waals surface area contributed by atoms with Crippen LogP contribution in [0.25, 0.3) is 0 Å². The van der Waals surface area contributed by atoms with E-state index in [0.717, 1.165) is 29.9 Å². The Morgan fingerprint density at radius 1 is 0.893 bits per heavy atom. The van der Waals surface area contributed by atoms with Gasteiger partial charge in [-0.05, 0) is 93.9 Å². The van der Waals surface area contributed by atoms with Crippen LogP contribution < -0.4 is 5.32 Å². The maximum atomic E-state index is 4.47. The fourth-order valence-electron chi connectivity index (χ4n) is 4.77. The zero-order valence-corrected chi connectivity index (χ0v) is 17.2. The van der Waals surface area contributed by atoms with E-state index >= 15 is 0 Å². The molecule has 0 unspecified atom stereocenters. The van der Waals surface area contributed by atoms with E-state index in [1.165, 1.54) is 62.0 Å². The van der Waals surface area contributed by atoms with Crippen molar-refractivity contribution in [1.29, 1.82) is 0 Å². The molecule has 148 valence electrons. The normalized spacial score (nSPS) is 22.9. The summed E-state index contributed by atoms with van der Waals surface area (Å²) in [6, 6.07) is 15.0. The number of anilines is 1. The van der Waals surface area contributed by atoms with E-state index in [1.54, 1.807) is 0 Å². The van der Waals surface area contributed by atoms with Gasteiger partial charge < -0.3 is 10.2 Å². The van der Waals surface area contributed by atoms with Gasteiger partial charge in [-0.3, -0.25) is 0 Å². The third kappa shape index (κ3) is 4.27. The number of azo groups is 1. The van der Waals surface area contributed by atoms with Crippen LogP contribution in [0.2, 0.25) is 0 Å². The Morgan fingerprint density at radius 2 is 1.71 bits per heavy atom. The Morgan fingerprint density at radius 3 is 2.57 bits per heavy atom. The molecule has 28 heavy (non-hydrogen) atoms. The fourth-order valence-corrected chi connectivity index (χ4v) is 4.77. The summed E-state index contributed by atoms with van der Waals surface area (Å²) in [4.78, 5) is 2.74. The molecular weight excluding hydrogens is 344 g/mol. The molecule has 4 rings (SSSR count). The molecular formula is C24H32N4. The monoisotopic (exact) mass is 376 g/mol. The first kappa shape index (κ1) is 19.1. The van der Waals surface area contributed by atoms with Gasteiger partial charge in [0.1, 0.15) is 0 Å². The van der Waals surface area contributed by atoms with E-state index in [0.29, 0.717) is 0 Å². The summed E-state index contributed by atoms with van der Waals surface area (Å²) in [5.41, 5.74) is 5.55. The van der Waals surface area contributed by atoms with Crippen molar-refractivity contribution in [3.63, 3.8) is 0 Å². The highest BCUT2D eigenvalue weighted by molar-refractivity contribution is 5.62. The van der Waals surface area contributed by atoms with Gasteiger partial charge in [-0.25, -0.2) is 0 Å². The van der Waals surface area contributed by atoms with Crippen LogP contribution in [-0.4, -0.2) is 30.6 Å².